The summed E-state index contributed by atoms with van der Waals surface area (Å²) in [4.78, 5) is 4.69. The maximum Gasteiger partial charge on any atom is 0.204 e. The summed E-state index contributed by atoms with van der Waals surface area (Å²) in [6, 6.07) is 1.89. The summed E-state index contributed by atoms with van der Waals surface area (Å²) in [5.74, 6) is 0.384. The van der Waals surface area contributed by atoms with Gasteiger partial charge < -0.3 is 33.5 Å². The van der Waals surface area contributed by atoms with E-state index in [0.29, 0.717) is 17.2 Å². The molecule has 0 saturated carbocycles. The molecule has 3 aliphatic rings. The monoisotopic (exact) mass is 401 g/mol. The van der Waals surface area contributed by atoms with Crippen LogP contribution in [0.5, 0.6) is 17.2 Å². The predicted molar refractivity (Wildman–Crippen MR) is 103 cm³/mol. The molecule has 2 aromatic rings. The minimum Gasteiger partial charge on any atom is -0.492 e. The fourth-order valence-corrected chi connectivity index (χ4v) is 5.15. The SMILES string of the molecule is COc1c(OC)c2c3c(nccc3c1OC)[C@]13CC(OC)(OC)C(O)[C@H](C=C21)O3. The highest BCUT2D eigenvalue weighted by molar-refractivity contribution is 6.10. The standard InChI is InChI=1S/C21H23NO7/c1-24-15-10-6-7-22-18-13(10)14(16(25-2)17(15)26-3)11-8-12-19(23)21(27-4,28-5)9-20(11,18)29-12/h6-8,12,19,23H,9H2,1-5H3/t12-,19?,20-/m0/s1. The van der Waals surface area contributed by atoms with E-state index in [-0.39, 0.29) is 6.42 Å². The third-order valence-corrected chi connectivity index (χ3v) is 6.40. The van der Waals surface area contributed by atoms with Crippen LogP contribution in [0.15, 0.2) is 18.3 Å². The number of methoxy groups -OCH3 is 5. The Bertz CT molecular complexity index is 1050. The fourth-order valence-electron chi connectivity index (χ4n) is 5.15. The summed E-state index contributed by atoms with van der Waals surface area (Å²) >= 11 is 0. The molecular formula is C21H23NO7. The Hall–Kier alpha value is -2.39. The van der Waals surface area contributed by atoms with E-state index < -0.39 is 23.6 Å². The van der Waals surface area contributed by atoms with Crippen molar-refractivity contribution in [1.82, 2.24) is 4.98 Å². The van der Waals surface area contributed by atoms with Crippen LogP contribution in [-0.2, 0) is 19.8 Å². The summed E-state index contributed by atoms with van der Waals surface area (Å²) < 4.78 is 34.8. The fraction of sp³-hybridized carbons (Fsp3) is 0.476. The number of fused-ring (bicyclic) bond motifs is 2. The molecule has 29 heavy (non-hydrogen) atoms. The van der Waals surface area contributed by atoms with Gasteiger partial charge in [-0.3, -0.25) is 4.98 Å². The minimum absolute atomic E-state index is 0.241. The number of nitrogens with zero attached hydrogens (tertiary/aromatic N) is 1. The zero-order valence-corrected chi connectivity index (χ0v) is 16.9. The first-order valence-electron chi connectivity index (χ1n) is 9.31. The summed E-state index contributed by atoms with van der Waals surface area (Å²) in [5.41, 5.74) is 1.50. The zero-order chi connectivity index (χ0) is 20.6. The molecule has 1 N–H and O–H groups in total. The predicted octanol–water partition coefficient (Wildman–Crippen LogP) is 2.01. The lowest BCUT2D eigenvalue weighted by Crippen LogP contribution is -2.59. The maximum atomic E-state index is 10.9. The average molecular weight is 401 g/mol. The number of aliphatic hydroxyl groups is 1. The molecule has 1 unspecified atom stereocenters. The molecule has 0 amide bonds. The molecule has 1 aromatic carbocycles. The third kappa shape index (κ3) is 1.99. The molecule has 1 aliphatic carbocycles. The Kier molecular flexibility index (Phi) is 3.89. The lowest BCUT2D eigenvalue weighted by molar-refractivity contribution is -0.326. The maximum absolute atomic E-state index is 10.9. The van der Waals surface area contributed by atoms with E-state index in [1.807, 2.05) is 12.1 Å². The molecule has 1 saturated heterocycles. The van der Waals surface area contributed by atoms with Crippen LogP contribution < -0.4 is 14.2 Å². The lowest BCUT2D eigenvalue weighted by atomic mass is 9.84. The molecule has 5 rings (SSSR count). The van der Waals surface area contributed by atoms with Gasteiger partial charge >= 0.3 is 0 Å². The average Bonchev–Trinajstić information content (AvgIpc) is 3.21. The van der Waals surface area contributed by atoms with Gasteiger partial charge in [0.15, 0.2) is 17.3 Å². The summed E-state index contributed by atoms with van der Waals surface area (Å²) in [6.45, 7) is 0. The first-order chi connectivity index (χ1) is 14.0. The Morgan fingerprint density at radius 1 is 1.03 bits per heavy atom. The van der Waals surface area contributed by atoms with Gasteiger partial charge in [0.05, 0.1) is 27.0 Å². The van der Waals surface area contributed by atoms with Crippen molar-refractivity contribution in [3.8, 4) is 17.2 Å². The number of aliphatic hydroxyl groups excluding tert-OH is 1. The van der Waals surface area contributed by atoms with Crippen LogP contribution in [0, 0.1) is 0 Å². The van der Waals surface area contributed by atoms with Gasteiger partial charge in [-0.25, -0.2) is 0 Å². The molecule has 8 heteroatoms. The number of ether oxygens (including phenoxy) is 6. The first kappa shape index (κ1) is 18.6. The van der Waals surface area contributed by atoms with Crippen molar-refractivity contribution in [3.05, 3.63) is 29.6 Å². The van der Waals surface area contributed by atoms with Crippen LogP contribution in [0.1, 0.15) is 17.7 Å². The van der Waals surface area contributed by atoms with Crippen molar-refractivity contribution >= 4 is 16.3 Å². The number of rotatable bonds is 5. The lowest BCUT2D eigenvalue weighted by Gasteiger charge is -2.47. The molecule has 2 aliphatic heterocycles. The van der Waals surface area contributed by atoms with Crippen molar-refractivity contribution in [2.75, 3.05) is 35.5 Å². The summed E-state index contributed by atoms with van der Waals surface area (Å²) in [5, 5.41) is 12.6. The number of pyridine rings is 1. The molecular weight excluding hydrogens is 378 g/mol. The van der Waals surface area contributed by atoms with Crippen molar-refractivity contribution in [2.45, 2.75) is 30.0 Å². The van der Waals surface area contributed by atoms with E-state index in [0.717, 1.165) is 27.6 Å². The third-order valence-electron chi connectivity index (χ3n) is 6.40. The highest BCUT2D eigenvalue weighted by Gasteiger charge is 2.65. The zero-order valence-electron chi connectivity index (χ0n) is 16.9. The van der Waals surface area contributed by atoms with Gasteiger partial charge in [0.1, 0.15) is 17.8 Å². The Labute approximate surface area is 167 Å². The van der Waals surface area contributed by atoms with Crippen LogP contribution >= 0.6 is 0 Å². The van der Waals surface area contributed by atoms with Gasteiger partial charge in [0, 0.05) is 48.7 Å². The highest BCUT2D eigenvalue weighted by atomic mass is 16.7. The first-order valence-corrected chi connectivity index (χ1v) is 9.31. The molecule has 3 atom stereocenters. The second-order valence-electron chi connectivity index (χ2n) is 7.39. The Morgan fingerprint density at radius 3 is 2.34 bits per heavy atom. The van der Waals surface area contributed by atoms with E-state index >= 15 is 0 Å². The van der Waals surface area contributed by atoms with Gasteiger partial charge in [0.25, 0.3) is 0 Å². The minimum atomic E-state index is -1.23. The second-order valence-corrected chi connectivity index (χ2v) is 7.39. The van der Waals surface area contributed by atoms with Crippen LogP contribution in [0.25, 0.3) is 16.3 Å². The van der Waals surface area contributed by atoms with Crippen molar-refractivity contribution in [2.24, 2.45) is 0 Å². The molecule has 1 aromatic heterocycles. The largest absolute Gasteiger partial charge is 0.492 e. The van der Waals surface area contributed by atoms with Gasteiger partial charge in [0.2, 0.25) is 5.75 Å². The van der Waals surface area contributed by atoms with E-state index in [9.17, 15) is 5.11 Å². The van der Waals surface area contributed by atoms with E-state index in [2.05, 4.69) is 4.98 Å². The second kappa shape index (κ2) is 6.06. The smallest absolute Gasteiger partial charge is 0.204 e. The Balaban J connectivity index is 1.88. The molecule has 8 nitrogen and oxygen atoms in total. The van der Waals surface area contributed by atoms with Crippen LogP contribution in [-0.4, -0.2) is 63.6 Å². The van der Waals surface area contributed by atoms with Gasteiger partial charge in [-0.15, -0.1) is 0 Å². The molecule has 2 bridgehead atoms. The number of hydrogen-bond acceptors (Lipinski definition) is 8. The number of hydrogen-bond donors (Lipinski definition) is 1. The quantitative estimate of drug-likeness (QED) is 0.762. The normalized spacial score (nSPS) is 28.3. The molecule has 1 spiro atoms. The number of benzene rings is 1. The topological polar surface area (TPSA) is 88.5 Å². The Morgan fingerprint density at radius 2 is 1.72 bits per heavy atom. The van der Waals surface area contributed by atoms with Gasteiger partial charge in [-0.1, -0.05) is 0 Å². The molecule has 1 fully saturated rings. The number of aromatic nitrogens is 1. The van der Waals surface area contributed by atoms with Crippen molar-refractivity contribution in [3.63, 3.8) is 0 Å². The van der Waals surface area contributed by atoms with E-state index in [4.69, 9.17) is 28.4 Å². The summed E-state index contributed by atoms with van der Waals surface area (Å²) in [7, 11) is 7.81. The van der Waals surface area contributed by atoms with Crippen LogP contribution in [0.2, 0.25) is 0 Å². The molecule has 0 radical (unpaired) electrons. The van der Waals surface area contributed by atoms with E-state index in [1.54, 1.807) is 27.5 Å². The highest BCUT2D eigenvalue weighted by Crippen LogP contribution is 2.65. The van der Waals surface area contributed by atoms with Crippen molar-refractivity contribution < 1.29 is 33.5 Å². The summed E-state index contributed by atoms with van der Waals surface area (Å²) in [6.07, 6.45) is 2.27. The van der Waals surface area contributed by atoms with E-state index in [1.165, 1.54) is 14.2 Å². The van der Waals surface area contributed by atoms with Crippen molar-refractivity contribution in [1.29, 1.82) is 0 Å². The van der Waals surface area contributed by atoms with Gasteiger partial charge in [-0.05, 0) is 12.1 Å². The molecule has 3 heterocycles. The molecule has 154 valence electrons. The van der Waals surface area contributed by atoms with Crippen LogP contribution in [0.4, 0.5) is 0 Å². The van der Waals surface area contributed by atoms with Gasteiger partial charge in [-0.2, -0.15) is 0 Å². The van der Waals surface area contributed by atoms with Crippen LogP contribution in [0.3, 0.4) is 0 Å².